The van der Waals surface area contributed by atoms with Gasteiger partial charge in [-0.2, -0.15) is 13.2 Å². The van der Waals surface area contributed by atoms with Gasteiger partial charge in [-0.1, -0.05) is 15.9 Å². The maximum Gasteiger partial charge on any atom is 0.573 e. The average Bonchev–Trinajstić information content (AvgIpc) is 2.34. The molecule has 1 aromatic heterocycles. The number of carbonyl (C=O) groups is 1. The monoisotopic (exact) mass is 381 g/mol. The highest BCUT2D eigenvalue weighted by Gasteiger charge is 2.42. The summed E-state index contributed by atoms with van der Waals surface area (Å²) in [5, 5.41) is -0.361. The Morgan fingerprint density at radius 2 is 1.86 bits per heavy atom. The smallest absolute Gasteiger partial charge is 0.465 e. The maximum absolute atomic E-state index is 12.8. The molecule has 118 valence electrons. The zero-order chi connectivity index (χ0) is 16.4. The van der Waals surface area contributed by atoms with Crippen molar-refractivity contribution in [2.75, 3.05) is 7.11 Å². The number of rotatable bonds is 3. The lowest BCUT2D eigenvalue weighted by molar-refractivity contribution is -0.275. The Kier molecular flexibility index (Phi) is 5.07. The van der Waals surface area contributed by atoms with E-state index in [1.54, 1.807) is 0 Å². The first-order valence-electron chi connectivity index (χ1n) is 5.00. The number of nitrogens with zero attached hydrogens (tertiary/aromatic N) is 1. The molecule has 0 N–H and O–H groups in total. The number of methoxy groups -OCH3 is 1. The van der Waals surface area contributed by atoms with Crippen molar-refractivity contribution in [3.8, 4) is 5.75 Å². The van der Waals surface area contributed by atoms with Gasteiger partial charge in [0, 0.05) is 11.5 Å². The second kappa shape index (κ2) is 6.08. The zero-order valence-electron chi connectivity index (χ0n) is 10.1. The third kappa shape index (κ3) is 4.22. The number of hydrogen-bond donors (Lipinski definition) is 0. The molecule has 0 aromatic carbocycles. The Hall–Kier alpha value is -1.52. The summed E-state index contributed by atoms with van der Waals surface area (Å²) in [7, 11) is 0.730. The summed E-state index contributed by atoms with van der Waals surface area (Å²) >= 11 is 2.75. The molecule has 0 atom stereocenters. The third-order valence-corrected chi connectivity index (χ3v) is 2.68. The fraction of sp³-hybridized carbons (Fsp3) is 0.400. The number of carbonyl (C=O) groups excluding carboxylic acids is 1. The van der Waals surface area contributed by atoms with Crippen molar-refractivity contribution in [3.05, 3.63) is 23.0 Å². The molecule has 4 nitrogen and oxygen atoms in total. The van der Waals surface area contributed by atoms with Crippen molar-refractivity contribution in [1.82, 2.24) is 4.98 Å². The minimum absolute atomic E-state index is 0.242. The van der Waals surface area contributed by atoms with E-state index in [-0.39, 0.29) is 11.5 Å². The summed E-state index contributed by atoms with van der Waals surface area (Å²) in [6.45, 7) is 0. The van der Waals surface area contributed by atoms with Gasteiger partial charge in [-0.05, 0) is 0 Å². The first-order valence-corrected chi connectivity index (χ1v) is 6.12. The van der Waals surface area contributed by atoms with E-state index in [9.17, 15) is 31.1 Å². The van der Waals surface area contributed by atoms with Crippen molar-refractivity contribution < 1.29 is 40.6 Å². The maximum atomic E-state index is 12.8. The van der Waals surface area contributed by atoms with Crippen LogP contribution in [-0.2, 0) is 16.2 Å². The summed E-state index contributed by atoms with van der Waals surface area (Å²) in [4.78, 5) is 14.7. The van der Waals surface area contributed by atoms with Crippen LogP contribution in [0.15, 0.2) is 6.20 Å². The van der Waals surface area contributed by atoms with Gasteiger partial charge in [-0.15, -0.1) is 13.2 Å². The molecule has 1 heterocycles. The fourth-order valence-corrected chi connectivity index (χ4v) is 1.77. The van der Waals surface area contributed by atoms with Crippen molar-refractivity contribution >= 4 is 21.9 Å². The minimum Gasteiger partial charge on any atom is -0.465 e. The van der Waals surface area contributed by atoms with Gasteiger partial charge in [0.1, 0.15) is 5.56 Å². The van der Waals surface area contributed by atoms with E-state index in [0.29, 0.717) is 0 Å². The van der Waals surface area contributed by atoms with Crippen LogP contribution in [-0.4, -0.2) is 24.4 Å². The largest absolute Gasteiger partial charge is 0.573 e. The molecule has 21 heavy (non-hydrogen) atoms. The molecule has 0 amide bonds. The standard InChI is InChI=1S/C10H6BrF6NO3/c1-20-8(19)6-4(9(12,13)14)3-18-5(2-11)7(6)21-10(15,16)17/h3H,2H2,1H3. The molecule has 0 aliphatic carbocycles. The number of alkyl halides is 7. The summed E-state index contributed by atoms with van der Waals surface area (Å²) in [6.07, 6.45) is -10.2. The molecule has 0 spiro atoms. The van der Waals surface area contributed by atoms with Crippen LogP contribution in [0.4, 0.5) is 26.3 Å². The fourth-order valence-electron chi connectivity index (χ4n) is 1.37. The highest BCUT2D eigenvalue weighted by atomic mass is 79.9. The van der Waals surface area contributed by atoms with E-state index in [0.717, 1.165) is 7.11 Å². The normalized spacial score (nSPS) is 12.2. The lowest BCUT2D eigenvalue weighted by atomic mass is 10.1. The van der Waals surface area contributed by atoms with Crippen LogP contribution < -0.4 is 4.74 Å². The Morgan fingerprint density at radius 1 is 1.29 bits per heavy atom. The molecule has 11 heteroatoms. The molecular formula is C10H6BrF6NO3. The predicted molar refractivity (Wildman–Crippen MR) is 59.9 cm³/mol. The van der Waals surface area contributed by atoms with Crippen LogP contribution in [0.1, 0.15) is 21.6 Å². The van der Waals surface area contributed by atoms with Crippen molar-refractivity contribution in [2.24, 2.45) is 0 Å². The Labute approximate surface area is 122 Å². The number of aromatic nitrogens is 1. The molecule has 0 saturated carbocycles. The van der Waals surface area contributed by atoms with Crippen molar-refractivity contribution in [1.29, 1.82) is 0 Å². The number of esters is 1. The van der Waals surface area contributed by atoms with Crippen LogP contribution in [0.5, 0.6) is 5.75 Å². The highest BCUT2D eigenvalue weighted by molar-refractivity contribution is 9.08. The highest BCUT2D eigenvalue weighted by Crippen LogP contribution is 2.39. The van der Waals surface area contributed by atoms with Crippen LogP contribution in [0.3, 0.4) is 0 Å². The molecule has 0 fully saturated rings. The van der Waals surface area contributed by atoms with Gasteiger partial charge in [-0.25, -0.2) is 4.79 Å². The number of halogens is 7. The van der Waals surface area contributed by atoms with Gasteiger partial charge in [0.2, 0.25) is 0 Å². The molecule has 0 radical (unpaired) electrons. The summed E-state index contributed by atoms with van der Waals surface area (Å²) < 4.78 is 83.0. The molecule has 0 saturated heterocycles. The van der Waals surface area contributed by atoms with E-state index in [1.165, 1.54) is 0 Å². The lowest BCUT2D eigenvalue weighted by Crippen LogP contribution is -2.24. The summed E-state index contributed by atoms with van der Waals surface area (Å²) in [5.74, 6) is -2.97. The molecule has 1 rings (SSSR count). The van der Waals surface area contributed by atoms with Crippen LogP contribution in [0, 0.1) is 0 Å². The van der Waals surface area contributed by atoms with Gasteiger partial charge in [0.25, 0.3) is 0 Å². The molecular weight excluding hydrogens is 376 g/mol. The average molecular weight is 382 g/mol. The summed E-state index contributed by atoms with van der Waals surface area (Å²) in [5.41, 5.74) is -3.59. The van der Waals surface area contributed by atoms with Gasteiger partial charge >= 0.3 is 18.5 Å². The first kappa shape index (κ1) is 17.5. The third-order valence-electron chi connectivity index (χ3n) is 2.15. The molecule has 0 aliphatic heterocycles. The SMILES string of the molecule is COC(=O)c1c(C(F)(F)F)cnc(CBr)c1OC(F)(F)F. The molecule has 1 aromatic rings. The molecule has 0 aliphatic rings. The van der Waals surface area contributed by atoms with Crippen molar-refractivity contribution in [3.63, 3.8) is 0 Å². The van der Waals surface area contributed by atoms with E-state index >= 15 is 0 Å². The van der Waals surface area contributed by atoms with Crippen LogP contribution in [0.25, 0.3) is 0 Å². The lowest BCUT2D eigenvalue weighted by Gasteiger charge is -2.18. The quantitative estimate of drug-likeness (QED) is 0.455. The Morgan fingerprint density at radius 3 is 2.24 bits per heavy atom. The van der Waals surface area contributed by atoms with Crippen LogP contribution >= 0.6 is 15.9 Å². The van der Waals surface area contributed by atoms with E-state index in [1.807, 2.05) is 0 Å². The minimum atomic E-state index is -5.30. The predicted octanol–water partition coefficient (Wildman–Crippen LogP) is 3.68. The van der Waals surface area contributed by atoms with Crippen molar-refractivity contribution in [2.45, 2.75) is 17.9 Å². The van der Waals surface area contributed by atoms with Gasteiger partial charge in [0.05, 0.1) is 18.4 Å². The molecule has 0 bridgehead atoms. The number of pyridine rings is 1. The van der Waals surface area contributed by atoms with Gasteiger partial charge in [0.15, 0.2) is 5.75 Å². The Balaban J connectivity index is 3.66. The summed E-state index contributed by atoms with van der Waals surface area (Å²) in [6, 6.07) is 0. The van der Waals surface area contributed by atoms with E-state index < -0.39 is 41.1 Å². The molecule has 0 unspecified atom stereocenters. The number of hydrogen-bond acceptors (Lipinski definition) is 4. The van der Waals surface area contributed by atoms with Gasteiger partial charge in [-0.3, -0.25) is 4.98 Å². The second-order valence-corrected chi connectivity index (χ2v) is 4.05. The van der Waals surface area contributed by atoms with E-state index in [2.05, 4.69) is 30.4 Å². The second-order valence-electron chi connectivity index (χ2n) is 3.49. The van der Waals surface area contributed by atoms with E-state index in [4.69, 9.17) is 0 Å². The zero-order valence-corrected chi connectivity index (χ0v) is 11.7. The topological polar surface area (TPSA) is 48.4 Å². The van der Waals surface area contributed by atoms with Crippen LogP contribution in [0.2, 0.25) is 0 Å². The number of ether oxygens (including phenoxy) is 2. The Bertz CT molecular complexity index is 543. The van der Waals surface area contributed by atoms with Gasteiger partial charge < -0.3 is 9.47 Å². The first-order chi connectivity index (χ1) is 9.51.